The molecule has 6 heteroatoms. The minimum atomic E-state index is -0.871. The summed E-state index contributed by atoms with van der Waals surface area (Å²) in [5.41, 5.74) is 0.677. The van der Waals surface area contributed by atoms with E-state index in [1.165, 1.54) is 19.2 Å². The predicted molar refractivity (Wildman–Crippen MR) is 64.2 cm³/mol. The Labute approximate surface area is 109 Å². The summed E-state index contributed by atoms with van der Waals surface area (Å²) in [4.78, 5) is 10.9. The number of hydrogen-bond donors (Lipinski definition) is 2. The van der Waals surface area contributed by atoms with Crippen molar-refractivity contribution in [3.63, 3.8) is 0 Å². The summed E-state index contributed by atoms with van der Waals surface area (Å²) >= 11 is 0. The third-order valence-electron chi connectivity index (χ3n) is 3.27. The fraction of sp³-hybridized carbons (Fsp3) is 0.385. The molecule has 5 nitrogen and oxygen atoms in total. The molecule has 0 radical (unpaired) electrons. The molecule has 100 valence electrons. The van der Waals surface area contributed by atoms with E-state index < -0.39 is 17.7 Å². The zero-order chi connectivity index (χ0) is 14.0. The van der Waals surface area contributed by atoms with E-state index in [0.29, 0.717) is 18.5 Å². The second-order valence-electron chi connectivity index (χ2n) is 4.43. The maximum Gasteiger partial charge on any atom is 0.307 e. The Bertz CT molecular complexity index is 554. The monoisotopic (exact) mass is 264 g/mol. The first-order chi connectivity index (χ1) is 9.06. The molecular weight excluding hydrogens is 251 g/mol. The van der Waals surface area contributed by atoms with Gasteiger partial charge in [0.15, 0.2) is 11.6 Å². The van der Waals surface area contributed by atoms with Crippen LogP contribution in [-0.4, -0.2) is 24.7 Å². The van der Waals surface area contributed by atoms with Crippen molar-refractivity contribution in [2.24, 2.45) is 5.92 Å². The molecule has 0 spiro atoms. The number of nitriles is 1. The Morgan fingerprint density at radius 3 is 2.89 bits per heavy atom. The molecule has 2 rings (SSSR count). The highest BCUT2D eigenvalue weighted by atomic mass is 19.1. The van der Waals surface area contributed by atoms with Crippen molar-refractivity contribution in [1.82, 2.24) is 5.32 Å². The van der Waals surface area contributed by atoms with Crippen molar-refractivity contribution in [1.29, 1.82) is 5.26 Å². The molecule has 0 aromatic heterocycles. The molecule has 1 aromatic rings. The molecule has 1 aliphatic rings. The van der Waals surface area contributed by atoms with Crippen LogP contribution in [0.25, 0.3) is 0 Å². The maximum absolute atomic E-state index is 13.8. The van der Waals surface area contributed by atoms with E-state index in [-0.39, 0.29) is 17.4 Å². The van der Waals surface area contributed by atoms with Crippen molar-refractivity contribution in [2.45, 2.75) is 12.5 Å². The van der Waals surface area contributed by atoms with E-state index in [1.807, 2.05) is 6.07 Å². The van der Waals surface area contributed by atoms with Gasteiger partial charge in [-0.15, -0.1) is 0 Å². The predicted octanol–water partition coefficient (Wildman–Crippen LogP) is 1.44. The second-order valence-corrected chi connectivity index (χ2v) is 4.43. The highest BCUT2D eigenvalue weighted by Crippen LogP contribution is 2.32. The van der Waals surface area contributed by atoms with Crippen molar-refractivity contribution in [3.8, 4) is 11.8 Å². The molecule has 0 aliphatic carbocycles. The van der Waals surface area contributed by atoms with Crippen LogP contribution in [0, 0.1) is 23.1 Å². The smallest absolute Gasteiger partial charge is 0.307 e. The quantitative estimate of drug-likeness (QED) is 0.863. The van der Waals surface area contributed by atoms with Gasteiger partial charge in [0, 0.05) is 12.6 Å². The van der Waals surface area contributed by atoms with Crippen molar-refractivity contribution in [2.75, 3.05) is 13.7 Å². The number of ether oxygens (including phenoxy) is 1. The highest BCUT2D eigenvalue weighted by molar-refractivity contribution is 5.70. The van der Waals surface area contributed by atoms with E-state index >= 15 is 0 Å². The zero-order valence-corrected chi connectivity index (χ0v) is 10.3. The number of nitrogens with one attached hydrogen (secondary N) is 1. The number of carboxylic acid groups (broad SMARTS) is 1. The molecule has 0 bridgehead atoms. The zero-order valence-electron chi connectivity index (χ0n) is 10.3. The van der Waals surface area contributed by atoms with Crippen LogP contribution in [0.2, 0.25) is 0 Å². The lowest BCUT2D eigenvalue weighted by Crippen LogP contribution is -2.17. The van der Waals surface area contributed by atoms with Gasteiger partial charge in [-0.25, -0.2) is 4.39 Å². The van der Waals surface area contributed by atoms with Gasteiger partial charge in [0.1, 0.15) is 6.07 Å². The summed E-state index contributed by atoms with van der Waals surface area (Å²) in [6.45, 7) is 0.343. The third kappa shape index (κ3) is 2.51. The lowest BCUT2D eigenvalue weighted by molar-refractivity contribution is -0.141. The van der Waals surface area contributed by atoms with Gasteiger partial charge in [0.05, 0.1) is 18.6 Å². The van der Waals surface area contributed by atoms with Crippen LogP contribution in [0.5, 0.6) is 5.75 Å². The van der Waals surface area contributed by atoms with E-state index in [2.05, 4.69) is 5.32 Å². The number of hydrogen-bond acceptors (Lipinski definition) is 4. The standard InChI is InChI=1S/C13H13FN2O3/c1-19-12-8(5-15)2-7(3-10(12)14)11-4-9(6-16-11)13(17)18/h2-3,9,11,16H,4,6H2,1H3,(H,17,18). The minimum Gasteiger partial charge on any atom is -0.492 e. The van der Waals surface area contributed by atoms with Crippen molar-refractivity contribution < 1.29 is 19.0 Å². The molecule has 0 amide bonds. The number of nitrogens with zero attached hydrogens (tertiary/aromatic N) is 1. The molecule has 1 fully saturated rings. The molecule has 1 heterocycles. The molecule has 1 aromatic carbocycles. The first-order valence-electron chi connectivity index (χ1n) is 5.80. The minimum absolute atomic E-state index is 0.0842. The first-order valence-corrected chi connectivity index (χ1v) is 5.80. The molecule has 2 unspecified atom stereocenters. The number of rotatable bonds is 3. The average Bonchev–Trinajstić information content (AvgIpc) is 2.87. The van der Waals surface area contributed by atoms with Gasteiger partial charge in [-0.05, 0) is 24.1 Å². The molecule has 19 heavy (non-hydrogen) atoms. The molecule has 2 N–H and O–H groups in total. The molecule has 2 atom stereocenters. The number of halogens is 1. The van der Waals surface area contributed by atoms with Gasteiger partial charge >= 0.3 is 5.97 Å². The van der Waals surface area contributed by atoms with Crippen molar-refractivity contribution in [3.05, 3.63) is 29.1 Å². The van der Waals surface area contributed by atoms with E-state index in [1.54, 1.807) is 0 Å². The third-order valence-corrected chi connectivity index (χ3v) is 3.27. The Balaban J connectivity index is 2.30. The summed E-state index contributed by atoms with van der Waals surface area (Å²) in [7, 11) is 1.30. The number of carboxylic acids is 1. The van der Waals surface area contributed by atoms with Gasteiger partial charge in [-0.2, -0.15) is 5.26 Å². The summed E-state index contributed by atoms with van der Waals surface area (Å²) in [6.07, 6.45) is 0.381. The normalized spacial score (nSPS) is 21.9. The largest absolute Gasteiger partial charge is 0.492 e. The molecule has 0 saturated carbocycles. The summed E-state index contributed by atoms with van der Waals surface area (Å²) < 4.78 is 18.6. The van der Waals surface area contributed by atoms with Gasteiger partial charge in [0.2, 0.25) is 0 Å². The average molecular weight is 264 g/mol. The topological polar surface area (TPSA) is 82.3 Å². The van der Waals surface area contributed by atoms with Crippen LogP contribution in [0.15, 0.2) is 12.1 Å². The summed E-state index contributed by atoms with van der Waals surface area (Å²) in [5.74, 6) is -2.05. The SMILES string of the molecule is COc1c(F)cc(C2CC(C(=O)O)CN2)cc1C#N. The fourth-order valence-corrected chi connectivity index (χ4v) is 2.28. The fourth-order valence-electron chi connectivity index (χ4n) is 2.28. The number of methoxy groups -OCH3 is 1. The van der Waals surface area contributed by atoms with Crippen LogP contribution in [0.3, 0.4) is 0 Å². The molecule has 1 saturated heterocycles. The first kappa shape index (κ1) is 13.3. The molecular formula is C13H13FN2O3. The van der Waals surface area contributed by atoms with Crippen LogP contribution < -0.4 is 10.1 Å². The van der Waals surface area contributed by atoms with E-state index in [9.17, 15) is 9.18 Å². The Morgan fingerprint density at radius 2 is 2.37 bits per heavy atom. The van der Waals surface area contributed by atoms with E-state index in [0.717, 1.165) is 0 Å². The summed E-state index contributed by atoms with van der Waals surface area (Å²) in [5, 5.41) is 20.9. The van der Waals surface area contributed by atoms with Gasteiger partial charge in [0.25, 0.3) is 0 Å². The maximum atomic E-state index is 13.8. The lowest BCUT2D eigenvalue weighted by Gasteiger charge is -2.13. The molecule has 1 aliphatic heterocycles. The van der Waals surface area contributed by atoms with Gasteiger partial charge in [-0.1, -0.05) is 0 Å². The van der Waals surface area contributed by atoms with Crippen LogP contribution in [-0.2, 0) is 4.79 Å². The Morgan fingerprint density at radius 1 is 1.63 bits per heavy atom. The number of benzene rings is 1. The van der Waals surface area contributed by atoms with Crippen LogP contribution in [0.4, 0.5) is 4.39 Å². The van der Waals surface area contributed by atoms with E-state index in [4.69, 9.17) is 15.1 Å². The number of carbonyl (C=O) groups is 1. The lowest BCUT2D eigenvalue weighted by atomic mass is 9.98. The van der Waals surface area contributed by atoms with Crippen molar-refractivity contribution >= 4 is 5.97 Å². The number of aliphatic carboxylic acids is 1. The van der Waals surface area contributed by atoms with Gasteiger partial charge < -0.3 is 15.2 Å². The van der Waals surface area contributed by atoms with Gasteiger partial charge in [-0.3, -0.25) is 4.79 Å². The Hall–Kier alpha value is -2.13. The van der Waals surface area contributed by atoms with Crippen LogP contribution in [0.1, 0.15) is 23.6 Å². The summed E-state index contributed by atoms with van der Waals surface area (Å²) in [6, 6.07) is 4.43. The second kappa shape index (κ2) is 5.24. The Kier molecular flexibility index (Phi) is 3.67. The highest BCUT2D eigenvalue weighted by Gasteiger charge is 2.31. The van der Waals surface area contributed by atoms with Crippen LogP contribution >= 0.6 is 0 Å².